The molecule has 2 rings (SSSR count). The minimum Gasteiger partial charge on any atom is -0.497 e. The summed E-state index contributed by atoms with van der Waals surface area (Å²) >= 11 is 0. The van der Waals surface area contributed by atoms with Crippen molar-refractivity contribution >= 4 is 17.4 Å². The van der Waals surface area contributed by atoms with Crippen molar-refractivity contribution in [3.05, 3.63) is 29.3 Å². The second kappa shape index (κ2) is 3.89. The highest BCUT2D eigenvalue weighted by molar-refractivity contribution is 6.50. The van der Waals surface area contributed by atoms with Crippen molar-refractivity contribution in [2.45, 2.75) is 13.3 Å². The van der Waals surface area contributed by atoms with Crippen LogP contribution in [-0.4, -0.2) is 24.5 Å². The number of methoxy groups -OCH3 is 1. The van der Waals surface area contributed by atoms with Crippen molar-refractivity contribution in [1.82, 2.24) is 0 Å². The van der Waals surface area contributed by atoms with E-state index in [0.717, 1.165) is 5.56 Å². The van der Waals surface area contributed by atoms with E-state index >= 15 is 0 Å². The zero-order valence-corrected chi connectivity index (χ0v) is 9.11. The third kappa shape index (κ3) is 1.74. The summed E-state index contributed by atoms with van der Waals surface area (Å²) in [6, 6.07) is 5.30. The van der Waals surface area contributed by atoms with Crippen molar-refractivity contribution < 1.29 is 14.3 Å². The minimum absolute atomic E-state index is 0.177. The number of amides is 1. The van der Waals surface area contributed by atoms with Crippen LogP contribution in [0.25, 0.3) is 0 Å². The van der Waals surface area contributed by atoms with Crippen molar-refractivity contribution in [1.29, 1.82) is 0 Å². The van der Waals surface area contributed by atoms with Crippen molar-refractivity contribution in [2.24, 2.45) is 4.99 Å². The molecular formula is C12H11NO3. The standard InChI is InChI=1S/C12H11NO3/c1-7(14)13-11-5-8-3-4-9(16-2)6-10(8)12(11)15/h3-4,6H,5H2,1-2H3. The fourth-order valence-electron chi connectivity index (χ4n) is 1.74. The lowest BCUT2D eigenvalue weighted by atomic mass is 10.1. The van der Waals surface area contributed by atoms with Gasteiger partial charge in [0, 0.05) is 18.9 Å². The SMILES string of the molecule is COc1ccc2c(c1)C(=O)C(=NC(C)=O)C2. The molecule has 1 aromatic carbocycles. The van der Waals surface area contributed by atoms with Gasteiger partial charge in [0.1, 0.15) is 5.75 Å². The van der Waals surface area contributed by atoms with E-state index in [-0.39, 0.29) is 11.7 Å². The fraction of sp³-hybridized carbons (Fsp3) is 0.250. The Balaban J connectivity index is 2.43. The van der Waals surface area contributed by atoms with Gasteiger partial charge in [-0.1, -0.05) is 6.07 Å². The number of hydrogen-bond acceptors (Lipinski definition) is 3. The number of ether oxygens (including phenoxy) is 1. The highest BCUT2D eigenvalue weighted by atomic mass is 16.5. The summed E-state index contributed by atoms with van der Waals surface area (Å²) in [6.07, 6.45) is 0.428. The van der Waals surface area contributed by atoms with E-state index in [4.69, 9.17) is 4.74 Å². The average Bonchev–Trinajstić information content (AvgIpc) is 2.55. The van der Waals surface area contributed by atoms with Crippen LogP contribution in [0.4, 0.5) is 0 Å². The molecule has 4 heteroatoms. The highest BCUT2D eigenvalue weighted by Crippen LogP contribution is 2.24. The summed E-state index contributed by atoms with van der Waals surface area (Å²) in [4.78, 5) is 26.4. The van der Waals surface area contributed by atoms with Gasteiger partial charge in [0.15, 0.2) is 0 Å². The Kier molecular flexibility index (Phi) is 2.56. The molecule has 4 nitrogen and oxygen atoms in total. The van der Waals surface area contributed by atoms with E-state index in [2.05, 4.69) is 4.99 Å². The molecular weight excluding hydrogens is 206 g/mol. The highest BCUT2D eigenvalue weighted by Gasteiger charge is 2.27. The minimum atomic E-state index is -0.344. The van der Waals surface area contributed by atoms with E-state index in [1.54, 1.807) is 19.2 Å². The maximum Gasteiger partial charge on any atom is 0.242 e. The van der Waals surface area contributed by atoms with Crippen LogP contribution >= 0.6 is 0 Å². The quantitative estimate of drug-likeness (QED) is 0.714. The Morgan fingerprint density at radius 2 is 2.19 bits per heavy atom. The number of rotatable bonds is 1. The number of carbonyl (C=O) groups excluding carboxylic acids is 2. The lowest BCUT2D eigenvalue weighted by Crippen LogP contribution is -2.09. The molecule has 1 aliphatic carbocycles. The first kappa shape index (κ1) is 10.5. The molecule has 0 aliphatic heterocycles. The Morgan fingerprint density at radius 3 is 2.81 bits per heavy atom. The molecule has 0 heterocycles. The van der Waals surface area contributed by atoms with Gasteiger partial charge >= 0.3 is 0 Å². The lowest BCUT2D eigenvalue weighted by molar-refractivity contribution is -0.115. The number of carbonyl (C=O) groups is 2. The molecule has 0 N–H and O–H groups in total. The van der Waals surface area contributed by atoms with E-state index in [1.807, 2.05) is 6.07 Å². The van der Waals surface area contributed by atoms with Crippen LogP contribution in [0, 0.1) is 0 Å². The number of Topliss-reactive ketones (excluding diaryl/α,β-unsaturated/α-hetero) is 1. The fourth-order valence-corrected chi connectivity index (χ4v) is 1.74. The first-order chi connectivity index (χ1) is 7.61. The van der Waals surface area contributed by atoms with Gasteiger partial charge in [0.2, 0.25) is 11.7 Å². The lowest BCUT2D eigenvalue weighted by Gasteiger charge is -2.00. The number of fused-ring (bicyclic) bond motifs is 1. The van der Waals surface area contributed by atoms with Gasteiger partial charge in [0.25, 0.3) is 0 Å². The number of aliphatic imine (C=N–C) groups is 1. The number of nitrogens with zero attached hydrogens (tertiary/aromatic N) is 1. The molecule has 0 atom stereocenters. The zero-order valence-electron chi connectivity index (χ0n) is 9.11. The van der Waals surface area contributed by atoms with Gasteiger partial charge in [-0.2, -0.15) is 0 Å². The summed E-state index contributed by atoms with van der Waals surface area (Å²) in [6.45, 7) is 1.34. The summed E-state index contributed by atoms with van der Waals surface area (Å²) in [7, 11) is 1.55. The van der Waals surface area contributed by atoms with Crippen LogP contribution in [0.15, 0.2) is 23.2 Å². The van der Waals surface area contributed by atoms with Crippen molar-refractivity contribution in [3.8, 4) is 5.75 Å². The predicted molar refractivity (Wildman–Crippen MR) is 59.1 cm³/mol. The van der Waals surface area contributed by atoms with Crippen LogP contribution in [0.5, 0.6) is 5.75 Å². The van der Waals surface area contributed by atoms with Gasteiger partial charge in [-0.05, 0) is 17.7 Å². The van der Waals surface area contributed by atoms with Crippen LogP contribution in [-0.2, 0) is 11.2 Å². The van der Waals surface area contributed by atoms with E-state index in [0.29, 0.717) is 23.4 Å². The Bertz CT molecular complexity index is 503. The molecule has 82 valence electrons. The Morgan fingerprint density at radius 1 is 1.44 bits per heavy atom. The monoisotopic (exact) mass is 217 g/mol. The molecule has 0 radical (unpaired) electrons. The summed E-state index contributed by atoms with van der Waals surface area (Å²) in [5.41, 5.74) is 1.79. The molecule has 0 saturated heterocycles. The van der Waals surface area contributed by atoms with Crippen molar-refractivity contribution in [3.63, 3.8) is 0 Å². The van der Waals surface area contributed by atoms with Crippen LogP contribution < -0.4 is 4.74 Å². The molecule has 0 spiro atoms. The summed E-state index contributed by atoms with van der Waals surface area (Å²) < 4.78 is 5.05. The number of benzene rings is 1. The van der Waals surface area contributed by atoms with Crippen LogP contribution in [0.2, 0.25) is 0 Å². The molecule has 1 amide bonds. The third-order valence-corrected chi connectivity index (χ3v) is 2.47. The second-order valence-corrected chi connectivity index (χ2v) is 3.61. The van der Waals surface area contributed by atoms with Gasteiger partial charge < -0.3 is 4.74 Å². The van der Waals surface area contributed by atoms with Gasteiger partial charge in [-0.15, -0.1) is 0 Å². The molecule has 0 aromatic heterocycles. The Hall–Kier alpha value is -1.97. The molecule has 1 aromatic rings. The second-order valence-electron chi connectivity index (χ2n) is 3.61. The summed E-state index contributed by atoms with van der Waals surface area (Å²) in [5, 5.41) is 0. The maximum atomic E-state index is 11.9. The number of ketones is 1. The first-order valence-electron chi connectivity index (χ1n) is 4.91. The maximum absolute atomic E-state index is 11.9. The van der Waals surface area contributed by atoms with Crippen LogP contribution in [0.3, 0.4) is 0 Å². The molecule has 0 fully saturated rings. The van der Waals surface area contributed by atoms with E-state index < -0.39 is 0 Å². The third-order valence-electron chi connectivity index (χ3n) is 2.47. The van der Waals surface area contributed by atoms with E-state index in [1.165, 1.54) is 6.92 Å². The topological polar surface area (TPSA) is 55.7 Å². The average molecular weight is 217 g/mol. The smallest absolute Gasteiger partial charge is 0.242 e. The largest absolute Gasteiger partial charge is 0.497 e. The molecule has 0 unspecified atom stereocenters. The molecule has 0 saturated carbocycles. The zero-order chi connectivity index (χ0) is 11.7. The summed E-state index contributed by atoms with van der Waals surface area (Å²) in [5.74, 6) is 0.114. The Labute approximate surface area is 92.9 Å². The first-order valence-corrected chi connectivity index (χ1v) is 4.91. The molecule has 1 aliphatic rings. The molecule has 0 bridgehead atoms. The predicted octanol–water partition coefficient (Wildman–Crippen LogP) is 1.42. The van der Waals surface area contributed by atoms with E-state index in [9.17, 15) is 9.59 Å². The molecule has 16 heavy (non-hydrogen) atoms. The van der Waals surface area contributed by atoms with Gasteiger partial charge in [0.05, 0.1) is 12.8 Å². The van der Waals surface area contributed by atoms with Crippen molar-refractivity contribution in [2.75, 3.05) is 7.11 Å². The van der Waals surface area contributed by atoms with Gasteiger partial charge in [-0.3, -0.25) is 9.59 Å². The van der Waals surface area contributed by atoms with Gasteiger partial charge in [-0.25, -0.2) is 4.99 Å². The van der Waals surface area contributed by atoms with Crippen LogP contribution in [0.1, 0.15) is 22.8 Å². The normalized spacial score (nSPS) is 16.4. The number of hydrogen-bond donors (Lipinski definition) is 0.